The number of hydrogen-bond donors (Lipinski definition) is 1. The number of carbonyl (C=O) groups is 1. The molecular weight excluding hydrogens is 367 g/mol. The maximum atomic E-state index is 16.5. The molecule has 5 nitrogen and oxygen atoms in total. The lowest BCUT2D eigenvalue weighted by molar-refractivity contribution is -0.104. The predicted molar refractivity (Wildman–Crippen MR) is 112 cm³/mol. The molecule has 2 unspecified atom stereocenters. The lowest BCUT2D eigenvalue weighted by Gasteiger charge is -2.45. The van der Waals surface area contributed by atoms with Crippen LogP contribution in [0.1, 0.15) is 37.4 Å². The van der Waals surface area contributed by atoms with Gasteiger partial charge in [-0.05, 0) is 50.0 Å². The molecule has 6 heteroatoms. The summed E-state index contributed by atoms with van der Waals surface area (Å²) in [6.07, 6.45) is 10.4. The average Bonchev–Trinajstić information content (AvgIpc) is 3.19. The molecule has 1 aliphatic carbocycles. The fourth-order valence-corrected chi connectivity index (χ4v) is 4.40. The Labute approximate surface area is 171 Å². The van der Waals surface area contributed by atoms with Gasteiger partial charge in [0.1, 0.15) is 0 Å². The van der Waals surface area contributed by atoms with Crippen LogP contribution in [0.15, 0.2) is 57.9 Å². The van der Waals surface area contributed by atoms with Crippen molar-refractivity contribution in [3.05, 3.63) is 64.2 Å². The van der Waals surface area contributed by atoms with Gasteiger partial charge in [0.25, 0.3) is 0 Å². The third-order valence-electron chi connectivity index (χ3n) is 5.97. The number of likely N-dealkylation sites (tertiary alicyclic amines) is 1. The van der Waals surface area contributed by atoms with Crippen molar-refractivity contribution in [1.82, 2.24) is 15.2 Å². The molecule has 2 atom stereocenters. The maximum absolute atomic E-state index is 16.5. The monoisotopic (exact) mass is 394 g/mol. The standard InChI is InChI=1S/C23H27FN4O/c1-16-6-7-19(26-11-16)13-25-14-20-5-3-4-10-28(20)23(24)9-8-17(2)22-21(23)18(15-29)12-27-22/h6-9,11-12,15,20,25H,3-5,10,13-14H2,1-2H3. The lowest BCUT2D eigenvalue weighted by Crippen LogP contribution is -2.56. The number of aldehydes is 1. The highest BCUT2D eigenvalue weighted by atomic mass is 19.1. The van der Waals surface area contributed by atoms with Crippen LogP contribution in [0.4, 0.5) is 4.39 Å². The fourth-order valence-electron chi connectivity index (χ4n) is 4.40. The molecule has 0 aromatic carbocycles. The zero-order valence-electron chi connectivity index (χ0n) is 17.0. The molecule has 0 saturated carbocycles. The topological polar surface area (TPSA) is 57.6 Å². The number of fused-ring (bicyclic) bond motifs is 1. The molecule has 2 aliphatic heterocycles. The number of allylic oxidation sites excluding steroid dienone is 3. The first-order valence-corrected chi connectivity index (χ1v) is 10.3. The number of rotatable bonds is 6. The second-order valence-electron chi connectivity index (χ2n) is 8.05. The molecule has 1 aromatic rings. The number of alkyl halides is 1. The number of aryl methyl sites for hydroxylation is 1. The zero-order chi connectivity index (χ0) is 20.4. The number of nitrogens with zero attached hydrogens (tertiary/aromatic N) is 3. The third kappa shape index (κ3) is 3.74. The largest absolute Gasteiger partial charge is 0.310 e. The first kappa shape index (κ1) is 19.9. The van der Waals surface area contributed by atoms with Crippen LogP contribution in [0.25, 0.3) is 0 Å². The molecule has 1 N–H and O–H groups in total. The quantitative estimate of drug-likeness (QED) is 0.593. The summed E-state index contributed by atoms with van der Waals surface area (Å²) in [6, 6.07) is 4.09. The van der Waals surface area contributed by atoms with E-state index in [4.69, 9.17) is 0 Å². The molecule has 29 heavy (non-hydrogen) atoms. The van der Waals surface area contributed by atoms with E-state index in [1.54, 1.807) is 12.2 Å². The van der Waals surface area contributed by atoms with Crippen molar-refractivity contribution >= 4 is 12.5 Å². The van der Waals surface area contributed by atoms with Gasteiger partial charge in [0, 0.05) is 49.2 Å². The smallest absolute Gasteiger partial charge is 0.212 e. The van der Waals surface area contributed by atoms with Crippen LogP contribution < -0.4 is 5.32 Å². The van der Waals surface area contributed by atoms with E-state index < -0.39 is 5.79 Å². The van der Waals surface area contributed by atoms with Crippen LogP contribution in [0.2, 0.25) is 0 Å². The van der Waals surface area contributed by atoms with Gasteiger partial charge in [-0.15, -0.1) is 0 Å². The summed E-state index contributed by atoms with van der Waals surface area (Å²) in [5, 5.41) is 3.45. The number of piperidine rings is 1. The molecule has 3 heterocycles. The highest BCUT2D eigenvalue weighted by molar-refractivity contribution is 6.07. The van der Waals surface area contributed by atoms with Gasteiger partial charge in [-0.25, -0.2) is 4.39 Å². The van der Waals surface area contributed by atoms with Crippen molar-refractivity contribution in [3.8, 4) is 0 Å². The first-order valence-electron chi connectivity index (χ1n) is 10.3. The van der Waals surface area contributed by atoms with Gasteiger partial charge in [-0.2, -0.15) is 0 Å². The Bertz CT molecular complexity index is 915. The van der Waals surface area contributed by atoms with E-state index in [2.05, 4.69) is 15.3 Å². The zero-order valence-corrected chi connectivity index (χ0v) is 17.0. The molecule has 0 radical (unpaired) electrons. The summed E-state index contributed by atoms with van der Waals surface area (Å²) < 4.78 is 16.5. The fraction of sp³-hybridized carbons (Fsp3) is 0.435. The van der Waals surface area contributed by atoms with Gasteiger partial charge < -0.3 is 5.32 Å². The van der Waals surface area contributed by atoms with Crippen molar-refractivity contribution in [2.75, 3.05) is 13.1 Å². The van der Waals surface area contributed by atoms with Gasteiger partial charge in [0.2, 0.25) is 5.79 Å². The molecule has 0 spiro atoms. The van der Waals surface area contributed by atoms with Crippen molar-refractivity contribution in [3.63, 3.8) is 0 Å². The average molecular weight is 394 g/mol. The summed E-state index contributed by atoms with van der Waals surface area (Å²) in [4.78, 5) is 22.2. The number of nitrogens with one attached hydrogen (secondary N) is 1. The molecule has 1 aromatic heterocycles. The summed E-state index contributed by atoms with van der Waals surface area (Å²) in [5.41, 5.74) is 4.33. The van der Waals surface area contributed by atoms with Crippen molar-refractivity contribution in [2.45, 2.75) is 51.5 Å². The van der Waals surface area contributed by atoms with E-state index in [-0.39, 0.29) is 6.04 Å². The van der Waals surface area contributed by atoms with E-state index in [0.29, 0.717) is 42.8 Å². The van der Waals surface area contributed by atoms with Crippen LogP contribution in [-0.4, -0.2) is 47.3 Å². The number of halogens is 1. The minimum Gasteiger partial charge on any atom is -0.310 e. The van der Waals surface area contributed by atoms with Gasteiger partial charge >= 0.3 is 0 Å². The predicted octanol–water partition coefficient (Wildman–Crippen LogP) is 3.42. The molecule has 1 fully saturated rings. The SMILES string of the molecule is CC1=C2N=CC(C=O)=C2C(F)(N2CCCCC2CNCc2ccc(C)cn2)C=C1. The van der Waals surface area contributed by atoms with Crippen molar-refractivity contribution in [1.29, 1.82) is 0 Å². The van der Waals surface area contributed by atoms with Gasteiger partial charge in [-0.1, -0.05) is 18.6 Å². The van der Waals surface area contributed by atoms with Crippen molar-refractivity contribution in [2.24, 2.45) is 4.99 Å². The molecule has 4 rings (SSSR count). The third-order valence-corrected chi connectivity index (χ3v) is 5.97. The van der Waals surface area contributed by atoms with E-state index in [1.165, 1.54) is 6.21 Å². The molecular formula is C23H27FN4O. The Morgan fingerprint density at radius 2 is 2.21 bits per heavy atom. The Balaban J connectivity index is 1.53. The minimum atomic E-state index is -1.81. The second kappa shape index (κ2) is 8.13. The van der Waals surface area contributed by atoms with Crippen LogP contribution in [0.3, 0.4) is 0 Å². The number of aliphatic imine (C=N–C) groups is 1. The minimum absolute atomic E-state index is 0.0320. The molecule has 0 bridgehead atoms. The van der Waals surface area contributed by atoms with Gasteiger partial charge in [-0.3, -0.25) is 19.7 Å². The molecule has 3 aliphatic rings. The van der Waals surface area contributed by atoms with Crippen LogP contribution >= 0.6 is 0 Å². The maximum Gasteiger partial charge on any atom is 0.212 e. The highest BCUT2D eigenvalue weighted by Crippen LogP contribution is 2.44. The van der Waals surface area contributed by atoms with Gasteiger partial charge in [0.15, 0.2) is 6.29 Å². The number of aromatic nitrogens is 1. The highest BCUT2D eigenvalue weighted by Gasteiger charge is 2.48. The lowest BCUT2D eigenvalue weighted by atomic mass is 9.86. The van der Waals surface area contributed by atoms with Crippen LogP contribution in [0, 0.1) is 6.92 Å². The van der Waals surface area contributed by atoms with E-state index in [0.717, 1.165) is 36.1 Å². The summed E-state index contributed by atoms with van der Waals surface area (Å²) in [5.74, 6) is -1.81. The second-order valence-corrected chi connectivity index (χ2v) is 8.05. The molecule has 152 valence electrons. The normalized spacial score (nSPS) is 26.9. The Morgan fingerprint density at radius 1 is 1.34 bits per heavy atom. The van der Waals surface area contributed by atoms with Crippen LogP contribution in [-0.2, 0) is 11.3 Å². The number of carbonyl (C=O) groups excluding carboxylic acids is 1. The number of hydrogen-bond acceptors (Lipinski definition) is 5. The van der Waals surface area contributed by atoms with Crippen molar-refractivity contribution < 1.29 is 9.18 Å². The summed E-state index contributed by atoms with van der Waals surface area (Å²) in [6.45, 7) is 5.88. The van der Waals surface area contributed by atoms with Crippen LogP contribution in [0.5, 0.6) is 0 Å². The van der Waals surface area contributed by atoms with E-state index in [9.17, 15) is 4.79 Å². The van der Waals surface area contributed by atoms with Gasteiger partial charge in [0.05, 0.1) is 11.4 Å². The number of pyridine rings is 1. The Morgan fingerprint density at radius 3 is 2.97 bits per heavy atom. The summed E-state index contributed by atoms with van der Waals surface area (Å²) >= 11 is 0. The summed E-state index contributed by atoms with van der Waals surface area (Å²) in [7, 11) is 0. The Hall–Kier alpha value is -2.44. The Kier molecular flexibility index (Phi) is 5.56. The molecule has 1 saturated heterocycles. The van der Waals surface area contributed by atoms with E-state index in [1.807, 2.05) is 37.1 Å². The molecule has 0 amide bonds. The van der Waals surface area contributed by atoms with E-state index >= 15 is 4.39 Å². The first-order chi connectivity index (χ1) is 14.0.